The minimum atomic E-state index is -0.259. The van der Waals surface area contributed by atoms with Crippen molar-refractivity contribution < 1.29 is 9.84 Å². The molecule has 0 aromatic rings. The van der Waals surface area contributed by atoms with Gasteiger partial charge in [-0.15, -0.1) is 0 Å². The zero-order valence-corrected chi connectivity index (χ0v) is 9.66. The maximum absolute atomic E-state index is 9.46. The average Bonchev–Trinajstić information content (AvgIpc) is 2.30. The highest BCUT2D eigenvalue weighted by molar-refractivity contribution is 9.09. The summed E-state index contributed by atoms with van der Waals surface area (Å²) >= 11 is 3.27. The lowest BCUT2D eigenvalue weighted by Gasteiger charge is -2.23. The summed E-state index contributed by atoms with van der Waals surface area (Å²) < 4.78 is 5.51. The molecule has 13 heavy (non-hydrogen) atoms. The highest BCUT2D eigenvalue weighted by Gasteiger charge is 2.16. The number of aliphatic hydroxyl groups excluding tert-OH is 1. The summed E-state index contributed by atoms with van der Waals surface area (Å²) in [6, 6.07) is 0. The molecule has 1 fully saturated rings. The fraction of sp³-hybridized carbons (Fsp3) is 1.00. The van der Waals surface area contributed by atoms with Crippen molar-refractivity contribution in [2.45, 2.75) is 25.6 Å². The molecular formula is C9H18BrNO2. The molecule has 0 amide bonds. The highest BCUT2D eigenvalue weighted by atomic mass is 79.9. The molecule has 0 radical (unpaired) electrons. The van der Waals surface area contributed by atoms with Crippen molar-refractivity contribution in [1.29, 1.82) is 0 Å². The normalized spacial score (nSPS) is 28.4. The van der Waals surface area contributed by atoms with E-state index in [1.165, 1.54) is 0 Å². The van der Waals surface area contributed by atoms with E-state index in [9.17, 15) is 5.11 Å². The smallest absolute Gasteiger partial charge is 0.0763 e. The third-order valence-corrected chi connectivity index (χ3v) is 2.93. The van der Waals surface area contributed by atoms with Crippen molar-refractivity contribution in [2.75, 3.05) is 31.6 Å². The molecule has 0 aromatic carbocycles. The molecule has 0 spiro atoms. The molecule has 0 aromatic heterocycles. The van der Waals surface area contributed by atoms with E-state index >= 15 is 0 Å². The van der Waals surface area contributed by atoms with E-state index in [-0.39, 0.29) is 6.10 Å². The number of rotatable bonds is 3. The molecule has 1 aliphatic heterocycles. The number of hydrogen-bond acceptors (Lipinski definition) is 3. The van der Waals surface area contributed by atoms with Gasteiger partial charge >= 0.3 is 0 Å². The third-order valence-electron chi connectivity index (χ3n) is 2.18. The minimum Gasteiger partial charge on any atom is -0.391 e. The fourth-order valence-electron chi connectivity index (χ4n) is 1.59. The van der Waals surface area contributed by atoms with Gasteiger partial charge in [0.15, 0.2) is 0 Å². The molecule has 1 N–H and O–H groups in total. The Labute approximate surface area is 88.2 Å². The Morgan fingerprint density at radius 2 is 2.46 bits per heavy atom. The summed E-state index contributed by atoms with van der Waals surface area (Å²) in [6.07, 6.45) is 1.11. The van der Waals surface area contributed by atoms with Crippen LogP contribution in [0.25, 0.3) is 0 Å². The lowest BCUT2D eigenvalue weighted by Crippen LogP contribution is -2.37. The number of aliphatic hydroxyl groups is 1. The molecule has 0 saturated carbocycles. The lowest BCUT2D eigenvalue weighted by molar-refractivity contribution is 0.0594. The van der Waals surface area contributed by atoms with Crippen LogP contribution >= 0.6 is 15.9 Å². The van der Waals surface area contributed by atoms with Gasteiger partial charge in [0.25, 0.3) is 0 Å². The molecule has 1 rings (SSSR count). The third kappa shape index (κ3) is 4.40. The van der Waals surface area contributed by atoms with Crippen LogP contribution in [0.1, 0.15) is 13.3 Å². The molecule has 0 aliphatic carbocycles. The van der Waals surface area contributed by atoms with Gasteiger partial charge in [-0.3, -0.25) is 4.90 Å². The van der Waals surface area contributed by atoms with Gasteiger partial charge < -0.3 is 9.84 Å². The number of ether oxygens (including phenoxy) is 1. The van der Waals surface area contributed by atoms with Gasteiger partial charge in [0, 0.05) is 31.6 Å². The van der Waals surface area contributed by atoms with Crippen LogP contribution in [0.2, 0.25) is 0 Å². The van der Waals surface area contributed by atoms with Crippen LogP contribution in [0.4, 0.5) is 0 Å². The first-order valence-electron chi connectivity index (χ1n) is 4.80. The van der Waals surface area contributed by atoms with Crippen molar-refractivity contribution in [1.82, 2.24) is 4.90 Å². The summed E-state index contributed by atoms with van der Waals surface area (Å²) in [7, 11) is 0. The molecule has 0 bridgehead atoms. The van der Waals surface area contributed by atoms with E-state index in [1.54, 1.807) is 0 Å². The van der Waals surface area contributed by atoms with Crippen LogP contribution in [0.15, 0.2) is 0 Å². The first kappa shape index (κ1) is 11.4. The maximum Gasteiger partial charge on any atom is 0.0763 e. The molecule has 1 saturated heterocycles. The van der Waals surface area contributed by atoms with Crippen LogP contribution in [0, 0.1) is 0 Å². The fourth-order valence-corrected chi connectivity index (χ4v) is 1.80. The van der Waals surface area contributed by atoms with E-state index in [1.807, 2.05) is 0 Å². The summed E-state index contributed by atoms with van der Waals surface area (Å²) in [4.78, 5) is 2.27. The molecule has 3 nitrogen and oxygen atoms in total. The van der Waals surface area contributed by atoms with Crippen LogP contribution in [0.5, 0.6) is 0 Å². The van der Waals surface area contributed by atoms with Crippen molar-refractivity contribution in [3.8, 4) is 0 Å². The summed E-state index contributed by atoms with van der Waals surface area (Å²) in [5.74, 6) is 0. The molecule has 2 unspecified atom stereocenters. The Bertz CT molecular complexity index is 146. The van der Waals surface area contributed by atoms with Crippen LogP contribution in [-0.4, -0.2) is 53.8 Å². The van der Waals surface area contributed by atoms with E-state index in [2.05, 4.69) is 27.8 Å². The standard InChI is InChI=1S/C9H18BrNO2/c1-8-6-11(3-2-4-13-8)7-9(12)5-10/h8-9,12H,2-7H2,1H3. The first-order valence-corrected chi connectivity index (χ1v) is 5.92. The largest absolute Gasteiger partial charge is 0.391 e. The summed E-state index contributed by atoms with van der Waals surface area (Å²) in [5, 5.41) is 10.1. The Kier molecular flexibility index (Phi) is 5.24. The van der Waals surface area contributed by atoms with Gasteiger partial charge in [0.2, 0.25) is 0 Å². The first-order chi connectivity index (χ1) is 6.22. The van der Waals surface area contributed by atoms with E-state index in [4.69, 9.17) is 4.74 Å². The van der Waals surface area contributed by atoms with Gasteiger partial charge in [0.05, 0.1) is 12.2 Å². The molecule has 1 heterocycles. The minimum absolute atomic E-state index is 0.259. The predicted molar refractivity (Wildman–Crippen MR) is 56.3 cm³/mol. The number of nitrogens with zero attached hydrogens (tertiary/aromatic N) is 1. The quantitative estimate of drug-likeness (QED) is 0.756. The summed E-state index contributed by atoms with van der Waals surface area (Å²) in [5.41, 5.74) is 0. The topological polar surface area (TPSA) is 32.7 Å². The van der Waals surface area contributed by atoms with Gasteiger partial charge in [0.1, 0.15) is 0 Å². The zero-order chi connectivity index (χ0) is 9.68. The lowest BCUT2D eigenvalue weighted by atomic mass is 10.3. The molecule has 78 valence electrons. The molecule has 4 heteroatoms. The molecule has 1 aliphatic rings. The van der Waals surface area contributed by atoms with Crippen LogP contribution in [0.3, 0.4) is 0 Å². The number of alkyl halides is 1. The number of halogens is 1. The zero-order valence-electron chi connectivity index (χ0n) is 8.08. The SMILES string of the molecule is CC1CN(CC(O)CBr)CCCO1. The van der Waals surface area contributed by atoms with E-state index in [0.717, 1.165) is 32.7 Å². The Morgan fingerprint density at radius 1 is 1.69 bits per heavy atom. The number of hydrogen-bond donors (Lipinski definition) is 1. The van der Waals surface area contributed by atoms with E-state index in [0.29, 0.717) is 11.4 Å². The monoisotopic (exact) mass is 251 g/mol. The van der Waals surface area contributed by atoms with Crippen molar-refractivity contribution in [3.63, 3.8) is 0 Å². The van der Waals surface area contributed by atoms with Gasteiger partial charge in [-0.05, 0) is 13.3 Å². The van der Waals surface area contributed by atoms with Crippen molar-refractivity contribution in [2.24, 2.45) is 0 Å². The second-order valence-electron chi connectivity index (χ2n) is 3.60. The Balaban J connectivity index is 2.30. The van der Waals surface area contributed by atoms with Crippen LogP contribution < -0.4 is 0 Å². The predicted octanol–water partition coefficient (Wildman–Crippen LogP) is 0.853. The van der Waals surface area contributed by atoms with Crippen molar-refractivity contribution >= 4 is 15.9 Å². The summed E-state index contributed by atoms with van der Waals surface area (Å²) in [6.45, 7) is 5.65. The second-order valence-corrected chi connectivity index (χ2v) is 4.25. The van der Waals surface area contributed by atoms with Crippen LogP contribution in [-0.2, 0) is 4.74 Å². The van der Waals surface area contributed by atoms with Gasteiger partial charge in [-0.25, -0.2) is 0 Å². The van der Waals surface area contributed by atoms with Gasteiger partial charge in [-0.1, -0.05) is 15.9 Å². The molecule has 2 atom stereocenters. The number of β-amino-alcohol motifs (C(OH)–C–C–N with tert-alkyl or cyclic N) is 1. The van der Waals surface area contributed by atoms with E-state index < -0.39 is 0 Å². The average molecular weight is 252 g/mol. The molecular weight excluding hydrogens is 234 g/mol. The Hall–Kier alpha value is 0.360. The van der Waals surface area contributed by atoms with Crippen molar-refractivity contribution in [3.05, 3.63) is 0 Å². The maximum atomic E-state index is 9.46. The highest BCUT2D eigenvalue weighted by Crippen LogP contribution is 2.06. The Morgan fingerprint density at radius 3 is 3.15 bits per heavy atom. The second kappa shape index (κ2) is 5.96. The van der Waals surface area contributed by atoms with Gasteiger partial charge in [-0.2, -0.15) is 0 Å².